The van der Waals surface area contributed by atoms with Crippen molar-refractivity contribution in [2.75, 3.05) is 20.5 Å². The number of hydrogen-bond donors (Lipinski definition) is 0. The Morgan fingerprint density at radius 3 is 2.53 bits per heavy atom. The molecule has 1 aromatic rings. The van der Waals surface area contributed by atoms with Crippen molar-refractivity contribution >= 4 is 17.7 Å². The maximum absolute atomic E-state index is 13.3. The third-order valence-electron chi connectivity index (χ3n) is 1.88. The highest BCUT2D eigenvalue weighted by Gasteiger charge is 2.18. The Hall–Kier alpha value is -1.23. The van der Waals surface area contributed by atoms with Crippen LogP contribution in [0, 0.1) is 5.82 Å². The normalized spacial score (nSPS) is 9.87. The molecular formula is C10H11FO3S. The third-order valence-corrected chi connectivity index (χ3v) is 2.67. The van der Waals surface area contributed by atoms with Crippen LogP contribution >= 0.6 is 11.8 Å². The standard InChI is InChI=1S/C10H11FO3S/c1-13-8-6(10(12)14-2)4-5-7(11)9(8)15-3/h4-5H,1-3H3. The molecule has 15 heavy (non-hydrogen) atoms. The molecule has 0 unspecified atom stereocenters. The summed E-state index contributed by atoms with van der Waals surface area (Å²) >= 11 is 1.18. The number of benzene rings is 1. The van der Waals surface area contributed by atoms with E-state index in [0.29, 0.717) is 4.90 Å². The first-order valence-electron chi connectivity index (χ1n) is 4.14. The van der Waals surface area contributed by atoms with E-state index < -0.39 is 11.8 Å². The number of carbonyl (C=O) groups excluding carboxylic acids is 1. The average Bonchev–Trinajstić information content (AvgIpc) is 2.27. The van der Waals surface area contributed by atoms with Gasteiger partial charge >= 0.3 is 5.97 Å². The maximum Gasteiger partial charge on any atom is 0.341 e. The van der Waals surface area contributed by atoms with Crippen LogP contribution in [0.2, 0.25) is 0 Å². The van der Waals surface area contributed by atoms with Crippen LogP contribution in [0.4, 0.5) is 4.39 Å². The molecule has 3 nitrogen and oxygen atoms in total. The van der Waals surface area contributed by atoms with E-state index in [0.717, 1.165) is 0 Å². The quantitative estimate of drug-likeness (QED) is 0.590. The van der Waals surface area contributed by atoms with Crippen LogP contribution in [-0.2, 0) is 4.74 Å². The van der Waals surface area contributed by atoms with Crippen LogP contribution in [0.1, 0.15) is 10.4 Å². The van der Waals surface area contributed by atoms with Crippen LogP contribution in [0.3, 0.4) is 0 Å². The molecule has 0 atom stereocenters. The molecule has 5 heteroatoms. The molecule has 0 bridgehead atoms. The van der Waals surface area contributed by atoms with E-state index in [2.05, 4.69) is 4.74 Å². The molecule has 0 aromatic heterocycles. The highest BCUT2D eigenvalue weighted by atomic mass is 32.2. The van der Waals surface area contributed by atoms with Gasteiger partial charge in [-0.15, -0.1) is 11.8 Å². The van der Waals surface area contributed by atoms with Crippen molar-refractivity contribution in [3.05, 3.63) is 23.5 Å². The Labute approximate surface area is 91.6 Å². The molecule has 0 radical (unpaired) electrons. The summed E-state index contributed by atoms with van der Waals surface area (Å²) in [5.74, 6) is -0.733. The maximum atomic E-state index is 13.3. The molecule has 1 rings (SSSR count). The summed E-state index contributed by atoms with van der Waals surface area (Å²) in [7, 11) is 2.66. The molecule has 0 saturated heterocycles. The first-order chi connectivity index (χ1) is 7.15. The SMILES string of the molecule is COC(=O)c1ccc(F)c(SC)c1OC. The van der Waals surface area contributed by atoms with E-state index in [1.807, 2.05) is 0 Å². The Balaban J connectivity index is 3.35. The van der Waals surface area contributed by atoms with Gasteiger partial charge in [0.05, 0.1) is 19.1 Å². The van der Waals surface area contributed by atoms with Crippen molar-refractivity contribution in [2.45, 2.75) is 4.90 Å². The monoisotopic (exact) mass is 230 g/mol. The average molecular weight is 230 g/mol. The van der Waals surface area contributed by atoms with Crippen LogP contribution in [0.15, 0.2) is 17.0 Å². The minimum absolute atomic E-state index is 0.217. The first kappa shape index (κ1) is 11.8. The highest BCUT2D eigenvalue weighted by molar-refractivity contribution is 7.98. The van der Waals surface area contributed by atoms with Crippen molar-refractivity contribution in [1.82, 2.24) is 0 Å². The van der Waals surface area contributed by atoms with Crippen molar-refractivity contribution in [1.29, 1.82) is 0 Å². The molecular weight excluding hydrogens is 219 g/mol. The molecule has 0 N–H and O–H groups in total. The molecule has 82 valence electrons. The second kappa shape index (κ2) is 5.02. The Bertz CT molecular complexity index is 379. The largest absolute Gasteiger partial charge is 0.495 e. The van der Waals surface area contributed by atoms with Gasteiger partial charge in [0, 0.05) is 0 Å². The zero-order chi connectivity index (χ0) is 11.4. The van der Waals surface area contributed by atoms with Gasteiger partial charge in [0.1, 0.15) is 17.1 Å². The van der Waals surface area contributed by atoms with Gasteiger partial charge in [-0.05, 0) is 18.4 Å². The number of carbonyl (C=O) groups is 1. The van der Waals surface area contributed by atoms with Crippen LogP contribution in [0.25, 0.3) is 0 Å². The minimum atomic E-state index is -0.540. The lowest BCUT2D eigenvalue weighted by Crippen LogP contribution is -2.05. The molecule has 0 aliphatic carbocycles. The van der Waals surface area contributed by atoms with Crippen molar-refractivity contribution in [2.24, 2.45) is 0 Å². The fraction of sp³-hybridized carbons (Fsp3) is 0.300. The van der Waals surface area contributed by atoms with E-state index in [1.165, 1.54) is 38.1 Å². The Morgan fingerprint density at radius 2 is 2.07 bits per heavy atom. The van der Waals surface area contributed by atoms with E-state index in [9.17, 15) is 9.18 Å². The fourth-order valence-corrected chi connectivity index (χ4v) is 1.84. The van der Waals surface area contributed by atoms with Crippen LogP contribution < -0.4 is 4.74 Å². The second-order valence-corrected chi connectivity index (χ2v) is 3.47. The lowest BCUT2D eigenvalue weighted by atomic mass is 10.2. The lowest BCUT2D eigenvalue weighted by molar-refractivity contribution is 0.0596. The van der Waals surface area contributed by atoms with Gasteiger partial charge in [0.2, 0.25) is 0 Å². The zero-order valence-electron chi connectivity index (χ0n) is 8.67. The molecule has 0 amide bonds. The number of hydrogen-bond acceptors (Lipinski definition) is 4. The number of ether oxygens (including phenoxy) is 2. The molecule has 0 heterocycles. The van der Waals surface area contributed by atoms with E-state index >= 15 is 0 Å². The molecule has 1 aromatic carbocycles. The van der Waals surface area contributed by atoms with E-state index in [1.54, 1.807) is 6.26 Å². The molecule has 0 saturated carbocycles. The number of rotatable bonds is 3. The topological polar surface area (TPSA) is 35.5 Å². The van der Waals surface area contributed by atoms with E-state index in [4.69, 9.17) is 4.74 Å². The molecule has 0 aliphatic heterocycles. The predicted molar refractivity (Wildman–Crippen MR) is 56.1 cm³/mol. The minimum Gasteiger partial charge on any atom is -0.495 e. The second-order valence-electron chi connectivity index (χ2n) is 2.65. The van der Waals surface area contributed by atoms with Crippen LogP contribution in [0.5, 0.6) is 5.75 Å². The van der Waals surface area contributed by atoms with Gasteiger partial charge in [-0.3, -0.25) is 0 Å². The lowest BCUT2D eigenvalue weighted by Gasteiger charge is -2.11. The molecule has 0 spiro atoms. The number of methoxy groups -OCH3 is 2. The Morgan fingerprint density at radius 1 is 1.40 bits per heavy atom. The van der Waals surface area contributed by atoms with Gasteiger partial charge in [0.25, 0.3) is 0 Å². The van der Waals surface area contributed by atoms with Crippen molar-refractivity contribution < 1.29 is 18.7 Å². The summed E-state index contributed by atoms with van der Waals surface area (Å²) < 4.78 is 22.9. The number of thioether (sulfide) groups is 1. The fourth-order valence-electron chi connectivity index (χ4n) is 1.20. The summed E-state index contributed by atoms with van der Waals surface area (Å²) in [5, 5.41) is 0. The summed E-state index contributed by atoms with van der Waals surface area (Å²) in [4.78, 5) is 11.6. The van der Waals surface area contributed by atoms with Crippen molar-refractivity contribution in [3.63, 3.8) is 0 Å². The smallest absolute Gasteiger partial charge is 0.341 e. The van der Waals surface area contributed by atoms with Gasteiger partial charge in [-0.1, -0.05) is 0 Å². The van der Waals surface area contributed by atoms with Gasteiger partial charge in [0.15, 0.2) is 0 Å². The zero-order valence-corrected chi connectivity index (χ0v) is 9.48. The first-order valence-corrected chi connectivity index (χ1v) is 5.37. The highest BCUT2D eigenvalue weighted by Crippen LogP contribution is 2.33. The number of esters is 1. The summed E-state index contributed by atoms with van der Waals surface area (Å²) in [6, 6.07) is 2.57. The summed E-state index contributed by atoms with van der Waals surface area (Å²) in [5.41, 5.74) is 0.228. The molecule has 0 aliphatic rings. The van der Waals surface area contributed by atoms with Gasteiger partial charge < -0.3 is 9.47 Å². The summed E-state index contributed by atoms with van der Waals surface area (Å²) in [6.07, 6.45) is 1.71. The predicted octanol–water partition coefficient (Wildman–Crippen LogP) is 2.34. The van der Waals surface area contributed by atoms with Gasteiger partial charge in [-0.25, -0.2) is 9.18 Å². The molecule has 0 fully saturated rings. The summed E-state index contributed by atoms with van der Waals surface area (Å²) in [6.45, 7) is 0. The van der Waals surface area contributed by atoms with Crippen LogP contribution in [-0.4, -0.2) is 26.4 Å². The number of halogens is 1. The van der Waals surface area contributed by atoms with E-state index in [-0.39, 0.29) is 11.3 Å². The Kier molecular flexibility index (Phi) is 3.96. The third kappa shape index (κ3) is 2.23. The van der Waals surface area contributed by atoms with Crippen molar-refractivity contribution in [3.8, 4) is 5.75 Å². The van der Waals surface area contributed by atoms with Gasteiger partial charge in [-0.2, -0.15) is 0 Å².